The van der Waals surface area contributed by atoms with E-state index in [0.29, 0.717) is 12.1 Å². The van der Waals surface area contributed by atoms with Gasteiger partial charge in [0, 0.05) is 32.8 Å². The molecule has 0 saturated carbocycles. The SMILES string of the molecule is O=C(CN1C(=O)N[C@@H](Cc2c[nH]c3ccccc23)C1=O)Nc1ccc(I)cc1. The first-order valence-corrected chi connectivity index (χ1v) is 9.81. The van der Waals surface area contributed by atoms with Crippen molar-refractivity contribution < 1.29 is 14.4 Å². The van der Waals surface area contributed by atoms with E-state index in [4.69, 9.17) is 0 Å². The van der Waals surface area contributed by atoms with Crippen molar-refractivity contribution in [3.8, 4) is 0 Å². The van der Waals surface area contributed by atoms with Crippen molar-refractivity contribution in [2.45, 2.75) is 12.5 Å². The maximum absolute atomic E-state index is 12.7. The van der Waals surface area contributed by atoms with Gasteiger partial charge in [0.1, 0.15) is 12.6 Å². The van der Waals surface area contributed by atoms with Crippen LogP contribution in [0.3, 0.4) is 0 Å². The van der Waals surface area contributed by atoms with Crippen molar-refractivity contribution in [3.05, 3.63) is 63.9 Å². The van der Waals surface area contributed by atoms with E-state index in [0.717, 1.165) is 24.9 Å². The number of nitrogens with zero attached hydrogens (tertiary/aromatic N) is 1. The molecule has 2 heterocycles. The summed E-state index contributed by atoms with van der Waals surface area (Å²) in [5.41, 5.74) is 2.54. The summed E-state index contributed by atoms with van der Waals surface area (Å²) in [6.07, 6.45) is 2.21. The third kappa shape index (κ3) is 3.72. The summed E-state index contributed by atoms with van der Waals surface area (Å²) < 4.78 is 1.05. The highest BCUT2D eigenvalue weighted by molar-refractivity contribution is 14.1. The van der Waals surface area contributed by atoms with Gasteiger partial charge in [-0.25, -0.2) is 4.79 Å². The van der Waals surface area contributed by atoms with Gasteiger partial charge in [0.15, 0.2) is 0 Å². The minimum atomic E-state index is -0.683. The second-order valence-electron chi connectivity index (χ2n) is 6.55. The number of imide groups is 1. The van der Waals surface area contributed by atoms with E-state index in [-0.39, 0.29) is 6.54 Å². The number of nitrogens with one attached hydrogen (secondary N) is 3. The monoisotopic (exact) mass is 488 g/mol. The van der Waals surface area contributed by atoms with E-state index in [1.165, 1.54) is 0 Å². The van der Waals surface area contributed by atoms with Crippen molar-refractivity contribution in [3.63, 3.8) is 0 Å². The van der Waals surface area contributed by atoms with Crippen LogP contribution in [0, 0.1) is 3.57 Å². The van der Waals surface area contributed by atoms with E-state index >= 15 is 0 Å². The maximum Gasteiger partial charge on any atom is 0.325 e. The third-order valence-electron chi connectivity index (χ3n) is 4.64. The zero-order valence-electron chi connectivity index (χ0n) is 14.7. The number of halogens is 1. The molecule has 7 nitrogen and oxygen atoms in total. The number of urea groups is 1. The second-order valence-corrected chi connectivity index (χ2v) is 7.79. The maximum atomic E-state index is 12.7. The molecule has 142 valence electrons. The number of aromatic amines is 1. The van der Waals surface area contributed by atoms with E-state index in [1.54, 1.807) is 12.1 Å². The van der Waals surface area contributed by atoms with Gasteiger partial charge < -0.3 is 15.6 Å². The van der Waals surface area contributed by atoms with Crippen LogP contribution in [0.5, 0.6) is 0 Å². The van der Waals surface area contributed by atoms with Crippen LogP contribution in [0.15, 0.2) is 54.7 Å². The molecule has 3 N–H and O–H groups in total. The van der Waals surface area contributed by atoms with E-state index in [2.05, 4.69) is 38.2 Å². The number of carbonyl (C=O) groups excluding carboxylic acids is 3. The molecule has 28 heavy (non-hydrogen) atoms. The molecule has 0 radical (unpaired) electrons. The van der Waals surface area contributed by atoms with Gasteiger partial charge in [0.05, 0.1) is 0 Å². The van der Waals surface area contributed by atoms with Crippen LogP contribution in [-0.4, -0.2) is 40.3 Å². The fourth-order valence-electron chi connectivity index (χ4n) is 3.26. The molecular weight excluding hydrogens is 471 g/mol. The number of H-pyrrole nitrogens is 1. The van der Waals surface area contributed by atoms with Crippen molar-refractivity contribution in [2.24, 2.45) is 0 Å². The first-order chi connectivity index (χ1) is 13.5. The predicted molar refractivity (Wildman–Crippen MR) is 114 cm³/mol. The molecule has 4 rings (SSSR count). The number of anilines is 1. The topological polar surface area (TPSA) is 94.3 Å². The molecule has 1 fully saturated rings. The fourth-order valence-corrected chi connectivity index (χ4v) is 3.62. The molecule has 1 aliphatic heterocycles. The Morgan fingerprint density at radius 2 is 1.86 bits per heavy atom. The van der Waals surface area contributed by atoms with Crippen LogP contribution < -0.4 is 10.6 Å². The lowest BCUT2D eigenvalue weighted by Gasteiger charge is -2.13. The Morgan fingerprint density at radius 3 is 2.64 bits per heavy atom. The van der Waals surface area contributed by atoms with Crippen LogP contribution in [0.25, 0.3) is 10.9 Å². The van der Waals surface area contributed by atoms with Gasteiger partial charge in [-0.15, -0.1) is 0 Å². The highest BCUT2D eigenvalue weighted by Crippen LogP contribution is 2.21. The van der Waals surface area contributed by atoms with E-state index < -0.39 is 23.9 Å². The first-order valence-electron chi connectivity index (χ1n) is 8.73. The Morgan fingerprint density at radius 1 is 1.11 bits per heavy atom. The standard InChI is InChI=1S/C20H17IN4O3/c21-13-5-7-14(8-6-13)23-18(26)11-25-19(27)17(24-20(25)28)9-12-10-22-16-4-2-1-3-15(12)16/h1-8,10,17,22H,9,11H2,(H,23,26)(H,24,28)/t17-/m0/s1. The predicted octanol–water partition coefficient (Wildman–Crippen LogP) is 2.87. The van der Waals surface area contributed by atoms with E-state index in [9.17, 15) is 14.4 Å². The quantitative estimate of drug-likeness (QED) is 0.381. The van der Waals surface area contributed by atoms with Gasteiger partial charge in [0.2, 0.25) is 5.91 Å². The molecule has 8 heteroatoms. The van der Waals surface area contributed by atoms with Crippen LogP contribution in [-0.2, 0) is 16.0 Å². The largest absolute Gasteiger partial charge is 0.361 e. The molecule has 2 aromatic carbocycles. The van der Waals surface area contributed by atoms with Gasteiger partial charge in [-0.1, -0.05) is 18.2 Å². The molecule has 1 atom stereocenters. The Kier molecular flexibility index (Phi) is 5.03. The number of benzene rings is 2. The summed E-state index contributed by atoms with van der Waals surface area (Å²) in [6, 6.07) is 13.8. The minimum absolute atomic E-state index is 0.318. The van der Waals surface area contributed by atoms with Crippen molar-refractivity contribution in [1.29, 1.82) is 0 Å². The zero-order valence-corrected chi connectivity index (χ0v) is 16.9. The van der Waals surface area contributed by atoms with Gasteiger partial charge in [-0.05, 0) is 58.5 Å². The molecule has 0 spiro atoms. The highest BCUT2D eigenvalue weighted by atomic mass is 127. The normalized spacial score (nSPS) is 16.5. The fraction of sp³-hybridized carbons (Fsp3) is 0.150. The van der Waals surface area contributed by atoms with Crippen LogP contribution in [0.4, 0.5) is 10.5 Å². The molecule has 0 aliphatic carbocycles. The smallest absolute Gasteiger partial charge is 0.325 e. The summed E-state index contributed by atoms with van der Waals surface area (Å²) in [7, 11) is 0. The molecule has 3 aromatic rings. The summed E-state index contributed by atoms with van der Waals surface area (Å²) in [5, 5.41) is 6.39. The molecular formula is C20H17IN4O3. The summed E-state index contributed by atoms with van der Waals surface area (Å²) in [6.45, 7) is -0.318. The number of para-hydroxylation sites is 1. The number of hydrogen-bond acceptors (Lipinski definition) is 3. The Bertz CT molecular complexity index is 1060. The summed E-state index contributed by atoms with van der Waals surface area (Å²) >= 11 is 2.17. The number of carbonyl (C=O) groups is 3. The molecule has 1 aromatic heterocycles. The number of aromatic nitrogens is 1. The van der Waals surface area contributed by atoms with Gasteiger partial charge in [-0.2, -0.15) is 0 Å². The number of amides is 4. The number of fused-ring (bicyclic) bond motifs is 1. The summed E-state index contributed by atoms with van der Waals surface area (Å²) in [5.74, 6) is -0.814. The Labute approximate surface area is 174 Å². The number of hydrogen-bond donors (Lipinski definition) is 3. The van der Waals surface area contributed by atoms with Crippen LogP contribution in [0.1, 0.15) is 5.56 Å². The lowest BCUT2D eigenvalue weighted by Crippen LogP contribution is -2.38. The molecule has 0 bridgehead atoms. The number of rotatable bonds is 5. The molecule has 0 unspecified atom stereocenters. The highest BCUT2D eigenvalue weighted by Gasteiger charge is 2.39. The average molecular weight is 488 g/mol. The molecule has 1 aliphatic rings. The Balaban J connectivity index is 1.42. The van der Waals surface area contributed by atoms with Crippen LogP contribution in [0.2, 0.25) is 0 Å². The zero-order chi connectivity index (χ0) is 19.7. The first kappa shape index (κ1) is 18.5. The third-order valence-corrected chi connectivity index (χ3v) is 5.35. The lowest BCUT2D eigenvalue weighted by molar-refractivity contribution is -0.130. The van der Waals surface area contributed by atoms with Gasteiger partial charge in [0.25, 0.3) is 5.91 Å². The lowest BCUT2D eigenvalue weighted by atomic mass is 10.1. The Hall–Kier alpha value is -2.88. The van der Waals surface area contributed by atoms with E-state index in [1.807, 2.05) is 42.6 Å². The average Bonchev–Trinajstić information content (AvgIpc) is 3.20. The van der Waals surface area contributed by atoms with Gasteiger partial charge in [-0.3, -0.25) is 14.5 Å². The molecule has 4 amide bonds. The summed E-state index contributed by atoms with van der Waals surface area (Å²) in [4.78, 5) is 41.3. The molecule has 1 saturated heterocycles. The van der Waals surface area contributed by atoms with Crippen molar-refractivity contribution in [2.75, 3.05) is 11.9 Å². The minimum Gasteiger partial charge on any atom is -0.361 e. The van der Waals surface area contributed by atoms with Gasteiger partial charge >= 0.3 is 6.03 Å². The van der Waals surface area contributed by atoms with Crippen molar-refractivity contribution >= 4 is 57.0 Å². The van der Waals surface area contributed by atoms with Crippen LogP contribution >= 0.6 is 22.6 Å². The van der Waals surface area contributed by atoms with Crippen molar-refractivity contribution in [1.82, 2.24) is 15.2 Å². The second kappa shape index (κ2) is 7.63.